The molecule has 6 heteroatoms. The van der Waals surface area contributed by atoms with Crippen LogP contribution >= 0.6 is 0 Å². The minimum absolute atomic E-state index is 0.248. The van der Waals surface area contributed by atoms with E-state index in [9.17, 15) is 4.79 Å². The highest BCUT2D eigenvalue weighted by molar-refractivity contribution is 6.03. The van der Waals surface area contributed by atoms with Crippen molar-refractivity contribution in [2.45, 2.75) is 27.2 Å². The van der Waals surface area contributed by atoms with E-state index >= 15 is 0 Å². The first-order valence-corrected chi connectivity index (χ1v) is 9.56. The van der Waals surface area contributed by atoms with Crippen LogP contribution in [0.4, 0.5) is 11.5 Å². The molecular weight excluding hydrogens is 364 g/mol. The zero-order chi connectivity index (χ0) is 20.8. The normalized spacial score (nSPS) is 10.5. The maximum atomic E-state index is 12.7. The van der Waals surface area contributed by atoms with Crippen LogP contribution in [0.25, 0.3) is 0 Å². The summed E-state index contributed by atoms with van der Waals surface area (Å²) in [5.41, 5.74) is 4.50. The molecule has 0 bridgehead atoms. The van der Waals surface area contributed by atoms with Gasteiger partial charge in [0.05, 0.1) is 7.11 Å². The number of hydrogen-bond acceptors (Lipinski definition) is 5. The van der Waals surface area contributed by atoms with E-state index in [1.54, 1.807) is 20.1 Å². The van der Waals surface area contributed by atoms with Crippen LogP contribution in [0.15, 0.2) is 48.5 Å². The molecule has 29 heavy (non-hydrogen) atoms. The Hall–Kier alpha value is -3.41. The Morgan fingerprint density at radius 1 is 1.03 bits per heavy atom. The van der Waals surface area contributed by atoms with Gasteiger partial charge >= 0.3 is 0 Å². The van der Waals surface area contributed by atoms with Crippen molar-refractivity contribution in [3.63, 3.8) is 0 Å². The molecule has 0 unspecified atom stereocenters. The Kier molecular flexibility index (Phi) is 6.44. The lowest BCUT2D eigenvalue weighted by molar-refractivity contribution is 0.102. The van der Waals surface area contributed by atoms with Crippen molar-refractivity contribution < 1.29 is 9.53 Å². The average molecular weight is 390 g/mol. The summed E-state index contributed by atoms with van der Waals surface area (Å²) < 4.78 is 5.18. The number of aromatic nitrogens is 2. The maximum Gasteiger partial charge on any atom is 0.274 e. The number of nitrogens with zero attached hydrogens (tertiary/aromatic N) is 2. The summed E-state index contributed by atoms with van der Waals surface area (Å²) in [7, 11) is 1.65. The van der Waals surface area contributed by atoms with Crippen LogP contribution in [0.1, 0.15) is 33.0 Å². The molecule has 0 aliphatic carbocycles. The predicted octanol–water partition coefficient (Wildman–Crippen LogP) is 4.32. The van der Waals surface area contributed by atoms with Crippen LogP contribution in [0, 0.1) is 20.8 Å². The number of benzene rings is 2. The number of hydrogen-bond donors (Lipinski definition) is 2. The molecule has 0 aliphatic rings. The Labute approximate surface area is 171 Å². The zero-order valence-electron chi connectivity index (χ0n) is 17.2. The van der Waals surface area contributed by atoms with Gasteiger partial charge in [-0.2, -0.15) is 0 Å². The van der Waals surface area contributed by atoms with Gasteiger partial charge in [-0.05, 0) is 62.1 Å². The molecule has 0 spiro atoms. The van der Waals surface area contributed by atoms with E-state index in [-0.39, 0.29) is 5.91 Å². The number of methoxy groups -OCH3 is 1. The lowest BCUT2D eigenvalue weighted by Gasteiger charge is -2.12. The van der Waals surface area contributed by atoms with Crippen molar-refractivity contribution in [2.24, 2.45) is 0 Å². The van der Waals surface area contributed by atoms with E-state index in [1.165, 1.54) is 5.56 Å². The van der Waals surface area contributed by atoms with Gasteiger partial charge in [-0.3, -0.25) is 4.79 Å². The molecule has 0 aliphatic heterocycles. The van der Waals surface area contributed by atoms with Crippen molar-refractivity contribution in [3.8, 4) is 5.75 Å². The smallest absolute Gasteiger partial charge is 0.274 e. The number of ether oxygens (including phenoxy) is 1. The molecule has 1 heterocycles. The zero-order valence-corrected chi connectivity index (χ0v) is 17.2. The first-order chi connectivity index (χ1) is 14.0. The molecule has 0 radical (unpaired) electrons. The first kappa shape index (κ1) is 20.3. The fraction of sp³-hybridized carbons (Fsp3) is 0.261. The molecule has 3 aromatic rings. The molecule has 0 fully saturated rings. The van der Waals surface area contributed by atoms with Gasteiger partial charge in [0.25, 0.3) is 5.91 Å². The van der Waals surface area contributed by atoms with Crippen LogP contribution in [0.2, 0.25) is 0 Å². The van der Waals surface area contributed by atoms with Crippen molar-refractivity contribution >= 4 is 17.4 Å². The van der Waals surface area contributed by atoms with Gasteiger partial charge in [0, 0.05) is 18.3 Å². The van der Waals surface area contributed by atoms with Crippen LogP contribution in [0.3, 0.4) is 0 Å². The molecule has 150 valence electrons. The van der Waals surface area contributed by atoms with Crippen LogP contribution in [-0.2, 0) is 6.42 Å². The number of amides is 1. The Morgan fingerprint density at radius 3 is 2.52 bits per heavy atom. The van der Waals surface area contributed by atoms with E-state index in [2.05, 4.69) is 20.6 Å². The molecule has 1 amide bonds. The van der Waals surface area contributed by atoms with Gasteiger partial charge in [0.2, 0.25) is 0 Å². The minimum Gasteiger partial charge on any atom is -0.497 e. The Bertz CT molecular complexity index is 1000. The standard InChI is InChI=1S/C23H26N4O2/c1-15-6-5-7-20(16(15)2)27-23(28)21-14-22(26-17(3)25-21)24-13-12-18-8-10-19(29-4)11-9-18/h5-11,14H,12-13H2,1-4H3,(H,27,28)(H,24,25,26). The second-order valence-corrected chi connectivity index (χ2v) is 6.91. The Balaban J connectivity index is 1.65. The molecule has 1 aromatic heterocycles. The van der Waals surface area contributed by atoms with Gasteiger partial charge in [-0.1, -0.05) is 24.3 Å². The monoisotopic (exact) mass is 390 g/mol. The largest absolute Gasteiger partial charge is 0.497 e. The van der Waals surface area contributed by atoms with E-state index in [4.69, 9.17) is 4.74 Å². The van der Waals surface area contributed by atoms with Crippen molar-refractivity contribution in [2.75, 3.05) is 24.3 Å². The third-order valence-corrected chi connectivity index (χ3v) is 4.80. The van der Waals surface area contributed by atoms with E-state index < -0.39 is 0 Å². The number of carbonyl (C=O) groups is 1. The molecule has 2 aromatic carbocycles. The summed E-state index contributed by atoms with van der Waals surface area (Å²) >= 11 is 0. The maximum absolute atomic E-state index is 12.7. The number of anilines is 2. The van der Waals surface area contributed by atoms with Crippen LogP contribution < -0.4 is 15.4 Å². The van der Waals surface area contributed by atoms with Crippen molar-refractivity contribution in [3.05, 3.63) is 76.7 Å². The minimum atomic E-state index is -0.248. The van der Waals surface area contributed by atoms with Gasteiger partial charge < -0.3 is 15.4 Å². The van der Waals surface area contributed by atoms with Gasteiger partial charge in [0.1, 0.15) is 23.1 Å². The number of rotatable bonds is 7. The third-order valence-electron chi connectivity index (χ3n) is 4.80. The second-order valence-electron chi connectivity index (χ2n) is 6.91. The van der Waals surface area contributed by atoms with Crippen molar-refractivity contribution in [1.82, 2.24) is 9.97 Å². The summed E-state index contributed by atoms with van der Waals surface area (Å²) in [6, 6.07) is 15.5. The molecule has 0 atom stereocenters. The van der Waals surface area contributed by atoms with E-state index in [0.29, 0.717) is 23.9 Å². The molecule has 3 rings (SSSR count). The third kappa shape index (κ3) is 5.31. The molecule has 6 nitrogen and oxygen atoms in total. The topological polar surface area (TPSA) is 76.1 Å². The fourth-order valence-electron chi connectivity index (χ4n) is 2.97. The molecule has 0 saturated heterocycles. The van der Waals surface area contributed by atoms with Crippen molar-refractivity contribution in [1.29, 1.82) is 0 Å². The van der Waals surface area contributed by atoms with E-state index in [1.807, 2.05) is 56.3 Å². The highest BCUT2D eigenvalue weighted by Gasteiger charge is 2.12. The van der Waals surface area contributed by atoms with Gasteiger partial charge in [0.15, 0.2) is 0 Å². The number of aryl methyl sites for hydroxylation is 2. The summed E-state index contributed by atoms with van der Waals surface area (Å²) in [5.74, 6) is 1.78. The summed E-state index contributed by atoms with van der Waals surface area (Å²) in [6.07, 6.45) is 0.830. The quantitative estimate of drug-likeness (QED) is 0.628. The number of carbonyl (C=O) groups excluding carboxylic acids is 1. The summed E-state index contributed by atoms with van der Waals surface area (Å²) in [5, 5.41) is 6.23. The SMILES string of the molecule is COc1ccc(CCNc2cc(C(=O)Nc3cccc(C)c3C)nc(C)n2)cc1. The average Bonchev–Trinajstić information content (AvgIpc) is 2.71. The summed E-state index contributed by atoms with van der Waals surface area (Å²) in [6.45, 7) is 6.48. The predicted molar refractivity (Wildman–Crippen MR) is 116 cm³/mol. The highest BCUT2D eigenvalue weighted by Crippen LogP contribution is 2.19. The highest BCUT2D eigenvalue weighted by atomic mass is 16.5. The van der Waals surface area contributed by atoms with Crippen LogP contribution in [-0.4, -0.2) is 29.5 Å². The molecule has 2 N–H and O–H groups in total. The first-order valence-electron chi connectivity index (χ1n) is 9.56. The lowest BCUT2D eigenvalue weighted by Crippen LogP contribution is -2.17. The molecular formula is C23H26N4O2. The lowest BCUT2D eigenvalue weighted by atomic mass is 10.1. The number of nitrogens with one attached hydrogen (secondary N) is 2. The van der Waals surface area contributed by atoms with Gasteiger partial charge in [-0.15, -0.1) is 0 Å². The molecule has 0 saturated carbocycles. The summed E-state index contributed by atoms with van der Waals surface area (Å²) in [4.78, 5) is 21.4. The van der Waals surface area contributed by atoms with Crippen LogP contribution in [0.5, 0.6) is 5.75 Å². The Morgan fingerprint density at radius 2 is 1.79 bits per heavy atom. The second kappa shape index (κ2) is 9.19. The van der Waals surface area contributed by atoms with E-state index in [0.717, 1.165) is 29.0 Å². The fourth-order valence-corrected chi connectivity index (χ4v) is 2.97. The van der Waals surface area contributed by atoms with Gasteiger partial charge in [-0.25, -0.2) is 9.97 Å².